The van der Waals surface area contributed by atoms with Crippen LogP contribution in [0.3, 0.4) is 0 Å². The van der Waals surface area contributed by atoms with E-state index < -0.39 is 0 Å². The number of ether oxygens (including phenoxy) is 1. The lowest BCUT2D eigenvalue weighted by Crippen LogP contribution is -2.13. The largest absolute Gasteiger partial charge is 0.489 e. The Hall–Kier alpha value is -2.27. The van der Waals surface area contributed by atoms with Crippen LogP contribution in [0.25, 0.3) is 0 Å². The summed E-state index contributed by atoms with van der Waals surface area (Å²) in [6, 6.07) is 15.9. The van der Waals surface area contributed by atoms with Gasteiger partial charge in [-0.25, -0.2) is 0 Å². The van der Waals surface area contributed by atoms with Gasteiger partial charge < -0.3 is 4.74 Å². The summed E-state index contributed by atoms with van der Waals surface area (Å²) >= 11 is 0. The molecular formula is C19H21NO. The highest BCUT2D eigenvalue weighted by Gasteiger charge is 2.19. The van der Waals surface area contributed by atoms with Crippen molar-refractivity contribution in [1.82, 2.24) is 0 Å². The lowest BCUT2D eigenvalue weighted by atomic mass is 9.85. The summed E-state index contributed by atoms with van der Waals surface area (Å²) in [6.45, 7) is 9.18. The van der Waals surface area contributed by atoms with E-state index in [0.717, 1.165) is 11.3 Å². The second kappa shape index (κ2) is 6.01. The van der Waals surface area contributed by atoms with Crippen LogP contribution in [-0.2, 0) is 12.0 Å². The Morgan fingerprint density at radius 1 is 1.05 bits per heavy atom. The van der Waals surface area contributed by atoms with Gasteiger partial charge in [-0.1, -0.05) is 50.6 Å². The quantitative estimate of drug-likeness (QED) is 0.812. The molecule has 2 aromatic carbocycles. The van der Waals surface area contributed by atoms with Crippen LogP contribution < -0.4 is 4.74 Å². The Morgan fingerprint density at radius 2 is 1.71 bits per heavy atom. The molecule has 0 amide bonds. The molecular weight excluding hydrogens is 258 g/mol. The molecule has 0 bridgehead atoms. The molecule has 0 radical (unpaired) electrons. The molecule has 0 aliphatic carbocycles. The maximum atomic E-state index is 8.81. The van der Waals surface area contributed by atoms with Crippen LogP contribution in [0.4, 0.5) is 0 Å². The third-order valence-corrected chi connectivity index (χ3v) is 3.42. The average Bonchev–Trinajstić information content (AvgIpc) is 2.45. The van der Waals surface area contributed by atoms with Crippen molar-refractivity contribution in [1.29, 1.82) is 5.26 Å². The van der Waals surface area contributed by atoms with Crippen molar-refractivity contribution in [3.8, 4) is 11.8 Å². The molecule has 0 saturated heterocycles. The molecule has 0 aliphatic heterocycles. The minimum absolute atomic E-state index is 0.0476. The number of aryl methyl sites for hydroxylation is 1. The molecule has 2 aromatic rings. The van der Waals surface area contributed by atoms with E-state index in [4.69, 9.17) is 10.00 Å². The highest BCUT2D eigenvalue weighted by Crippen LogP contribution is 2.32. The predicted molar refractivity (Wildman–Crippen MR) is 85.4 cm³/mol. The fraction of sp³-hybridized carbons (Fsp3) is 0.316. The van der Waals surface area contributed by atoms with Gasteiger partial charge in [0.2, 0.25) is 0 Å². The van der Waals surface area contributed by atoms with Crippen molar-refractivity contribution in [2.75, 3.05) is 0 Å². The van der Waals surface area contributed by atoms with Crippen molar-refractivity contribution in [3.05, 3.63) is 64.7 Å². The van der Waals surface area contributed by atoms with Crippen molar-refractivity contribution >= 4 is 0 Å². The molecule has 0 spiro atoms. The molecule has 108 valence electrons. The van der Waals surface area contributed by atoms with Gasteiger partial charge in [-0.3, -0.25) is 0 Å². The summed E-state index contributed by atoms with van der Waals surface area (Å²) in [6.07, 6.45) is 0. The summed E-state index contributed by atoms with van der Waals surface area (Å²) < 4.78 is 6.00. The first kappa shape index (κ1) is 15.1. The lowest BCUT2D eigenvalue weighted by Gasteiger charge is -2.23. The smallest absolute Gasteiger partial charge is 0.123 e. The topological polar surface area (TPSA) is 33.0 Å². The Balaban J connectivity index is 2.18. The van der Waals surface area contributed by atoms with Crippen molar-refractivity contribution in [2.45, 2.75) is 39.7 Å². The first-order valence-corrected chi connectivity index (χ1v) is 7.13. The van der Waals surface area contributed by atoms with E-state index in [1.54, 1.807) is 0 Å². The van der Waals surface area contributed by atoms with Crippen LogP contribution in [-0.4, -0.2) is 0 Å². The monoisotopic (exact) mass is 279 g/mol. The summed E-state index contributed by atoms with van der Waals surface area (Å²) in [5.74, 6) is 0.928. The zero-order chi connectivity index (χ0) is 15.5. The number of nitriles is 1. The normalized spacial score (nSPS) is 11.0. The molecule has 21 heavy (non-hydrogen) atoms. The van der Waals surface area contributed by atoms with Gasteiger partial charge in [-0.2, -0.15) is 5.26 Å². The van der Waals surface area contributed by atoms with E-state index in [1.807, 2.05) is 30.3 Å². The highest BCUT2D eigenvalue weighted by molar-refractivity contribution is 5.41. The van der Waals surface area contributed by atoms with Crippen LogP contribution in [0.5, 0.6) is 5.75 Å². The number of hydrogen-bond donors (Lipinski definition) is 0. The molecule has 2 heteroatoms. The van der Waals surface area contributed by atoms with Gasteiger partial charge >= 0.3 is 0 Å². The first-order valence-electron chi connectivity index (χ1n) is 7.13. The van der Waals surface area contributed by atoms with Gasteiger partial charge in [-0.15, -0.1) is 0 Å². The van der Waals surface area contributed by atoms with Crippen LogP contribution in [0, 0.1) is 18.3 Å². The molecule has 0 saturated carbocycles. The van der Waals surface area contributed by atoms with Crippen molar-refractivity contribution in [3.63, 3.8) is 0 Å². The molecule has 0 unspecified atom stereocenters. The van der Waals surface area contributed by atoms with Crippen LogP contribution in [0.2, 0.25) is 0 Å². The predicted octanol–water partition coefficient (Wildman–Crippen LogP) is 4.74. The zero-order valence-corrected chi connectivity index (χ0v) is 13.1. The minimum atomic E-state index is 0.0476. The first-order chi connectivity index (χ1) is 9.90. The maximum absolute atomic E-state index is 8.81. The molecule has 0 atom stereocenters. The molecule has 2 rings (SSSR count). The third-order valence-electron chi connectivity index (χ3n) is 3.42. The highest BCUT2D eigenvalue weighted by atomic mass is 16.5. The molecule has 2 nitrogen and oxygen atoms in total. The van der Waals surface area contributed by atoms with Gasteiger partial charge in [0.05, 0.1) is 11.6 Å². The van der Waals surface area contributed by atoms with Gasteiger partial charge in [-0.05, 0) is 41.7 Å². The fourth-order valence-corrected chi connectivity index (χ4v) is 2.19. The summed E-state index contributed by atoms with van der Waals surface area (Å²) in [4.78, 5) is 0. The minimum Gasteiger partial charge on any atom is -0.489 e. The summed E-state index contributed by atoms with van der Waals surface area (Å²) in [5.41, 5.74) is 4.24. The molecule has 0 N–H and O–H groups in total. The van der Waals surface area contributed by atoms with E-state index in [0.29, 0.717) is 12.2 Å². The Kier molecular flexibility index (Phi) is 4.33. The Morgan fingerprint density at radius 3 is 2.29 bits per heavy atom. The SMILES string of the molecule is Cc1ccc(OCc2ccc(C#N)cc2)c(C(C)(C)C)c1. The maximum Gasteiger partial charge on any atom is 0.123 e. The van der Waals surface area contributed by atoms with Gasteiger partial charge in [0.15, 0.2) is 0 Å². The number of nitrogens with zero attached hydrogens (tertiary/aromatic N) is 1. The molecule has 0 aromatic heterocycles. The lowest BCUT2D eigenvalue weighted by molar-refractivity contribution is 0.297. The van der Waals surface area contributed by atoms with Gasteiger partial charge in [0.1, 0.15) is 12.4 Å². The van der Waals surface area contributed by atoms with Gasteiger partial charge in [0.25, 0.3) is 0 Å². The van der Waals surface area contributed by atoms with E-state index in [2.05, 4.69) is 45.9 Å². The third kappa shape index (κ3) is 3.86. The number of benzene rings is 2. The second-order valence-electron chi connectivity index (χ2n) is 6.35. The molecule has 0 aliphatic rings. The molecule has 0 heterocycles. The number of rotatable bonds is 3. The Bertz CT molecular complexity index is 657. The van der Waals surface area contributed by atoms with Crippen LogP contribution in [0.1, 0.15) is 43.0 Å². The van der Waals surface area contributed by atoms with E-state index in [1.165, 1.54) is 11.1 Å². The van der Waals surface area contributed by atoms with E-state index in [-0.39, 0.29) is 5.41 Å². The van der Waals surface area contributed by atoms with Crippen molar-refractivity contribution < 1.29 is 4.74 Å². The zero-order valence-electron chi connectivity index (χ0n) is 13.1. The van der Waals surface area contributed by atoms with Crippen molar-refractivity contribution in [2.24, 2.45) is 0 Å². The van der Waals surface area contributed by atoms with E-state index in [9.17, 15) is 0 Å². The van der Waals surface area contributed by atoms with E-state index >= 15 is 0 Å². The standard InChI is InChI=1S/C19H21NO/c1-14-5-10-18(17(11-14)19(2,3)4)21-13-16-8-6-15(12-20)7-9-16/h5-11H,13H2,1-4H3. The average molecular weight is 279 g/mol. The number of hydrogen-bond acceptors (Lipinski definition) is 2. The summed E-state index contributed by atoms with van der Waals surface area (Å²) in [7, 11) is 0. The second-order valence-corrected chi connectivity index (χ2v) is 6.35. The van der Waals surface area contributed by atoms with Crippen LogP contribution in [0.15, 0.2) is 42.5 Å². The summed E-state index contributed by atoms with van der Waals surface area (Å²) in [5, 5.41) is 8.81. The molecule has 0 fully saturated rings. The van der Waals surface area contributed by atoms with Crippen LogP contribution >= 0.6 is 0 Å². The Labute approximate surface area is 127 Å². The van der Waals surface area contributed by atoms with Gasteiger partial charge in [0, 0.05) is 0 Å². The fourth-order valence-electron chi connectivity index (χ4n) is 2.19.